The second kappa shape index (κ2) is 5.89. The van der Waals surface area contributed by atoms with Crippen molar-refractivity contribution in [2.24, 2.45) is 0 Å². The van der Waals surface area contributed by atoms with Crippen LogP contribution in [0.25, 0.3) is 0 Å². The first-order valence-electron chi connectivity index (χ1n) is 4.28. The van der Waals surface area contributed by atoms with Crippen LogP contribution >= 0.6 is 11.6 Å². The Hall–Kier alpha value is -1.73. The maximum Gasteiger partial charge on any atom is 0.236 e. The van der Waals surface area contributed by atoms with E-state index in [0.717, 1.165) is 0 Å². The maximum absolute atomic E-state index is 10.9. The number of carbonyl (C=O) groups is 1. The van der Waals surface area contributed by atoms with Gasteiger partial charge in [-0.05, 0) is 18.2 Å². The SMILES string of the molecule is N#CNC(=O)CCOc1cccc(Cl)c1. The summed E-state index contributed by atoms with van der Waals surface area (Å²) in [4.78, 5) is 10.9. The molecule has 1 aromatic rings. The van der Waals surface area contributed by atoms with Crippen LogP contribution in [-0.2, 0) is 4.79 Å². The van der Waals surface area contributed by atoms with E-state index in [2.05, 4.69) is 0 Å². The molecule has 0 saturated carbocycles. The number of nitrogens with one attached hydrogen (secondary N) is 1. The Morgan fingerprint density at radius 2 is 2.40 bits per heavy atom. The van der Waals surface area contributed by atoms with Crippen LogP contribution in [0.15, 0.2) is 24.3 Å². The van der Waals surface area contributed by atoms with Gasteiger partial charge in [-0.25, -0.2) is 0 Å². The van der Waals surface area contributed by atoms with Crippen molar-refractivity contribution in [2.75, 3.05) is 6.61 Å². The molecular weight excluding hydrogens is 216 g/mol. The van der Waals surface area contributed by atoms with Crippen molar-refractivity contribution < 1.29 is 9.53 Å². The third-order valence-electron chi connectivity index (χ3n) is 1.59. The lowest BCUT2D eigenvalue weighted by atomic mass is 10.3. The lowest BCUT2D eigenvalue weighted by Crippen LogP contribution is -2.19. The van der Waals surface area contributed by atoms with E-state index in [0.29, 0.717) is 10.8 Å². The predicted octanol–water partition coefficient (Wildman–Crippen LogP) is 1.71. The van der Waals surface area contributed by atoms with Gasteiger partial charge in [-0.1, -0.05) is 17.7 Å². The molecule has 0 radical (unpaired) electrons. The van der Waals surface area contributed by atoms with Gasteiger partial charge >= 0.3 is 0 Å². The van der Waals surface area contributed by atoms with E-state index in [1.54, 1.807) is 30.5 Å². The summed E-state index contributed by atoms with van der Waals surface area (Å²) in [6.45, 7) is 0.216. The van der Waals surface area contributed by atoms with Gasteiger partial charge in [-0.15, -0.1) is 0 Å². The fourth-order valence-electron chi connectivity index (χ4n) is 0.943. The normalized spacial score (nSPS) is 9.07. The summed E-state index contributed by atoms with van der Waals surface area (Å²) < 4.78 is 5.25. The minimum atomic E-state index is -0.362. The number of rotatable bonds is 4. The minimum absolute atomic E-state index is 0.139. The van der Waals surface area contributed by atoms with Gasteiger partial charge in [0.25, 0.3) is 0 Å². The Balaban J connectivity index is 2.32. The van der Waals surface area contributed by atoms with E-state index in [-0.39, 0.29) is 18.9 Å². The Labute approximate surface area is 92.4 Å². The summed E-state index contributed by atoms with van der Waals surface area (Å²) in [6.07, 6.45) is 1.69. The average molecular weight is 225 g/mol. The Morgan fingerprint density at radius 3 is 3.07 bits per heavy atom. The van der Waals surface area contributed by atoms with Crippen molar-refractivity contribution in [3.63, 3.8) is 0 Å². The van der Waals surface area contributed by atoms with Crippen molar-refractivity contribution in [1.82, 2.24) is 5.32 Å². The summed E-state index contributed by atoms with van der Waals surface area (Å²) in [5, 5.41) is 10.7. The minimum Gasteiger partial charge on any atom is -0.493 e. The standard InChI is InChI=1S/C10H9ClN2O2/c11-8-2-1-3-9(6-8)15-5-4-10(14)13-7-12/h1-3,6H,4-5H2,(H,13,14). The number of halogens is 1. The Kier molecular flexibility index (Phi) is 4.45. The molecule has 0 aliphatic carbocycles. The zero-order chi connectivity index (χ0) is 11.1. The topological polar surface area (TPSA) is 62.1 Å². The second-order valence-corrected chi connectivity index (χ2v) is 3.15. The number of amides is 1. The van der Waals surface area contributed by atoms with E-state index in [1.807, 2.05) is 5.32 Å². The van der Waals surface area contributed by atoms with Crippen LogP contribution in [0, 0.1) is 11.5 Å². The smallest absolute Gasteiger partial charge is 0.236 e. The highest BCUT2D eigenvalue weighted by molar-refractivity contribution is 6.30. The van der Waals surface area contributed by atoms with Gasteiger partial charge in [0.2, 0.25) is 5.91 Å². The van der Waals surface area contributed by atoms with Crippen LogP contribution in [0.3, 0.4) is 0 Å². The van der Waals surface area contributed by atoms with Gasteiger partial charge in [0.15, 0.2) is 6.19 Å². The van der Waals surface area contributed by atoms with Gasteiger partial charge in [-0.2, -0.15) is 5.26 Å². The molecule has 1 N–H and O–H groups in total. The zero-order valence-electron chi connectivity index (χ0n) is 7.87. The summed E-state index contributed by atoms with van der Waals surface area (Å²) in [6, 6.07) is 6.89. The van der Waals surface area contributed by atoms with Gasteiger partial charge in [-0.3, -0.25) is 10.1 Å². The molecule has 5 heteroatoms. The molecule has 78 valence electrons. The van der Waals surface area contributed by atoms with Crippen molar-refractivity contribution in [1.29, 1.82) is 5.26 Å². The second-order valence-electron chi connectivity index (χ2n) is 2.72. The number of carbonyl (C=O) groups excluding carboxylic acids is 1. The molecule has 1 amide bonds. The number of ether oxygens (including phenoxy) is 1. The van der Waals surface area contributed by atoms with Crippen LogP contribution in [0.2, 0.25) is 5.02 Å². The van der Waals surface area contributed by atoms with Crippen molar-refractivity contribution >= 4 is 17.5 Å². The average Bonchev–Trinajstić information content (AvgIpc) is 2.18. The first kappa shape index (κ1) is 11.3. The van der Waals surface area contributed by atoms with Gasteiger partial charge in [0.05, 0.1) is 13.0 Å². The molecule has 0 fully saturated rings. The zero-order valence-corrected chi connectivity index (χ0v) is 8.62. The third-order valence-corrected chi connectivity index (χ3v) is 1.82. The van der Waals surface area contributed by atoms with E-state index >= 15 is 0 Å². The van der Waals surface area contributed by atoms with Crippen LogP contribution < -0.4 is 10.1 Å². The first-order chi connectivity index (χ1) is 7.22. The van der Waals surface area contributed by atoms with E-state index < -0.39 is 0 Å². The largest absolute Gasteiger partial charge is 0.493 e. The number of hydrogen-bond donors (Lipinski definition) is 1. The van der Waals surface area contributed by atoms with Crippen LogP contribution in [0.1, 0.15) is 6.42 Å². The summed E-state index contributed by atoms with van der Waals surface area (Å²) in [5.41, 5.74) is 0. The van der Waals surface area contributed by atoms with Gasteiger partial charge in [0.1, 0.15) is 5.75 Å². The molecule has 0 bridgehead atoms. The molecule has 1 aromatic carbocycles. The maximum atomic E-state index is 10.9. The molecule has 0 spiro atoms. The number of hydrogen-bond acceptors (Lipinski definition) is 3. The molecule has 0 heterocycles. The first-order valence-corrected chi connectivity index (χ1v) is 4.66. The lowest BCUT2D eigenvalue weighted by molar-refractivity contribution is -0.120. The fraction of sp³-hybridized carbons (Fsp3) is 0.200. The summed E-state index contributed by atoms with van der Waals surface area (Å²) in [7, 11) is 0. The molecule has 0 aromatic heterocycles. The van der Waals surface area contributed by atoms with Crippen LogP contribution in [0.4, 0.5) is 0 Å². The van der Waals surface area contributed by atoms with Crippen LogP contribution in [0.5, 0.6) is 5.75 Å². The van der Waals surface area contributed by atoms with Gasteiger partial charge in [0, 0.05) is 5.02 Å². The molecule has 15 heavy (non-hydrogen) atoms. The van der Waals surface area contributed by atoms with E-state index in [4.69, 9.17) is 21.6 Å². The molecule has 0 aliphatic heterocycles. The quantitative estimate of drug-likeness (QED) is 0.626. The van der Waals surface area contributed by atoms with Crippen molar-refractivity contribution in [2.45, 2.75) is 6.42 Å². The molecule has 1 rings (SSSR count). The highest BCUT2D eigenvalue weighted by Gasteiger charge is 2.00. The monoisotopic (exact) mass is 224 g/mol. The van der Waals surface area contributed by atoms with Crippen molar-refractivity contribution in [3.05, 3.63) is 29.3 Å². The molecule has 0 aliphatic rings. The highest BCUT2D eigenvalue weighted by atomic mass is 35.5. The lowest BCUT2D eigenvalue weighted by Gasteiger charge is -2.04. The van der Waals surface area contributed by atoms with Crippen molar-refractivity contribution in [3.8, 4) is 11.9 Å². The van der Waals surface area contributed by atoms with Crippen LogP contribution in [-0.4, -0.2) is 12.5 Å². The van der Waals surface area contributed by atoms with Gasteiger partial charge < -0.3 is 4.74 Å². The number of nitriles is 1. The van der Waals surface area contributed by atoms with E-state index in [1.165, 1.54) is 0 Å². The fourth-order valence-corrected chi connectivity index (χ4v) is 1.12. The molecule has 0 saturated heterocycles. The number of nitrogens with zero attached hydrogens (tertiary/aromatic N) is 1. The summed E-state index contributed by atoms with van der Waals surface area (Å²) in [5.74, 6) is 0.242. The van der Waals surface area contributed by atoms with E-state index in [9.17, 15) is 4.79 Å². The Bertz CT molecular complexity index is 387. The third kappa shape index (κ3) is 4.34. The highest BCUT2D eigenvalue weighted by Crippen LogP contribution is 2.16. The predicted molar refractivity (Wildman–Crippen MR) is 55.3 cm³/mol. The molecule has 0 atom stereocenters. The Morgan fingerprint density at radius 1 is 1.60 bits per heavy atom. The summed E-state index contributed by atoms with van der Waals surface area (Å²) >= 11 is 5.73. The molecular formula is C10H9ClN2O2. The molecule has 4 nitrogen and oxygen atoms in total. The number of benzene rings is 1. The molecule has 0 unspecified atom stereocenters.